The molecule has 0 saturated heterocycles. The molecule has 3 saturated carbocycles. The molecule has 0 amide bonds. The molecule has 0 bridgehead atoms. The van der Waals surface area contributed by atoms with Crippen LogP contribution in [0, 0.1) is 30.1 Å². The highest BCUT2D eigenvalue weighted by Gasteiger charge is 2.74. The van der Waals surface area contributed by atoms with E-state index in [0.717, 1.165) is 28.9 Å². The number of nitrogens with one attached hydrogen (secondary N) is 1. The van der Waals surface area contributed by atoms with E-state index in [1.807, 2.05) is 22.8 Å². The molecule has 6 rings (SSSR count). The van der Waals surface area contributed by atoms with Crippen LogP contribution in [0.2, 0.25) is 0 Å². The van der Waals surface area contributed by atoms with Crippen LogP contribution in [0.15, 0.2) is 24.5 Å². The normalized spacial score (nSPS) is 30.6. The molecule has 32 heavy (non-hydrogen) atoms. The Morgan fingerprint density at radius 3 is 2.78 bits per heavy atom. The molecule has 5 atom stereocenters. The van der Waals surface area contributed by atoms with Crippen LogP contribution < -0.4 is 5.32 Å². The Bertz CT molecular complexity index is 1310. The number of hydrogen-bond acceptors (Lipinski definition) is 7. The Hall–Kier alpha value is -2.73. The number of pyridine rings is 1. The largest absolute Gasteiger partial charge is 0.389 e. The van der Waals surface area contributed by atoms with Crippen LogP contribution in [0.3, 0.4) is 0 Å². The van der Waals surface area contributed by atoms with Gasteiger partial charge < -0.3 is 20.1 Å². The van der Waals surface area contributed by atoms with E-state index in [4.69, 9.17) is 4.98 Å². The summed E-state index contributed by atoms with van der Waals surface area (Å²) in [4.78, 5) is 23.8. The molecule has 8 heteroatoms. The number of aliphatic hydroxyl groups excluding tert-OH is 2. The topological polar surface area (TPSA) is 100 Å². The highest BCUT2D eigenvalue weighted by molar-refractivity contribution is 7.12. The number of aromatic nitrogens is 3. The first-order chi connectivity index (χ1) is 15.4. The van der Waals surface area contributed by atoms with Crippen molar-refractivity contribution in [3.8, 4) is 11.8 Å². The maximum Gasteiger partial charge on any atom is 0.163 e. The number of anilines is 1. The van der Waals surface area contributed by atoms with E-state index in [9.17, 15) is 15.0 Å². The summed E-state index contributed by atoms with van der Waals surface area (Å²) >= 11 is 1.64. The van der Waals surface area contributed by atoms with Gasteiger partial charge >= 0.3 is 0 Å². The summed E-state index contributed by atoms with van der Waals surface area (Å²) in [5.41, 5.74) is 1.99. The molecule has 3 aliphatic rings. The summed E-state index contributed by atoms with van der Waals surface area (Å²) in [7, 11) is 0. The molecule has 3 aromatic rings. The van der Waals surface area contributed by atoms with Crippen molar-refractivity contribution in [3.05, 3.63) is 40.0 Å². The Balaban J connectivity index is 1.44. The number of carbonyl (C=O) groups is 1. The minimum atomic E-state index is -1.07. The molecule has 7 nitrogen and oxygen atoms in total. The molecule has 3 N–H and O–H groups in total. The average molecular weight is 449 g/mol. The van der Waals surface area contributed by atoms with Crippen molar-refractivity contribution in [2.45, 2.75) is 57.4 Å². The van der Waals surface area contributed by atoms with Gasteiger partial charge in [0.05, 0.1) is 34.5 Å². The van der Waals surface area contributed by atoms with Crippen molar-refractivity contribution in [1.82, 2.24) is 14.5 Å². The first kappa shape index (κ1) is 19.9. The lowest BCUT2D eigenvalue weighted by molar-refractivity contribution is -0.128. The zero-order chi connectivity index (χ0) is 22.2. The van der Waals surface area contributed by atoms with Gasteiger partial charge in [-0.25, -0.2) is 9.97 Å². The van der Waals surface area contributed by atoms with Gasteiger partial charge in [-0.2, -0.15) is 0 Å². The molecule has 3 fully saturated rings. The Morgan fingerprint density at radius 2 is 2.12 bits per heavy atom. The number of Topliss-reactive ketones (excluding diaryl/α,β-unsaturated/α-hetero) is 1. The quantitative estimate of drug-likeness (QED) is 0.531. The predicted molar refractivity (Wildman–Crippen MR) is 121 cm³/mol. The first-order valence-corrected chi connectivity index (χ1v) is 11.8. The number of fused-ring (bicyclic) bond motifs is 2. The Labute approximate surface area is 189 Å². The molecule has 3 heterocycles. The summed E-state index contributed by atoms with van der Waals surface area (Å²) in [6, 6.07) is 5.97. The molecule has 164 valence electrons. The molecular weight excluding hydrogens is 424 g/mol. The number of imidazole rings is 1. The molecule has 0 spiro atoms. The minimum absolute atomic E-state index is 0.0668. The lowest BCUT2D eigenvalue weighted by Crippen LogP contribution is -2.36. The fourth-order valence-electron chi connectivity index (χ4n) is 5.25. The SMILES string of the molecule is CC(=O)[C@@]12CC1[C@@H](n1cnc3c(NC4CC4)cc(C#Cc4ccc(C)s4)nc31)[C@H](O)C2O. The van der Waals surface area contributed by atoms with E-state index in [1.165, 1.54) is 11.8 Å². The maximum atomic E-state index is 12.3. The summed E-state index contributed by atoms with van der Waals surface area (Å²) < 4.78 is 1.84. The van der Waals surface area contributed by atoms with Gasteiger partial charge in [-0.05, 0) is 69.1 Å². The maximum absolute atomic E-state index is 12.3. The number of rotatable bonds is 4. The summed E-state index contributed by atoms with van der Waals surface area (Å²) in [5.74, 6) is 6.19. The van der Waals surface area contributed by atoms with Crippen molar-refractivity contribution >= 4 is 34.0 Å². The number of nitrogens with zero attached hydrogens (tertiary/aromatic N) is 3. The van der Waals surface area contributed by atoms with Crippen molar-refractivity contribution in [2.24, 2.45) is 11.3 Å². The second-order valence-corrected chi connectivity index (χ2v) is 10.6. The summed E-state index contributed by atoms with van der Waals surface area (Å²) in [6.07, 6.45) is 2.38. The number of ketones is 1. The van der Waals surface area contributed by atoms with Crippen molar-refractivity contribution < 1.29 is 15.0 Å². The number of aryl methyl sites for hydroxylation is 1. The molecule has 2 unspecified atom stereocenters. The standard InChI is InChI=1S/C24H24N4O3S/c1-12-3-7-16(32-12)8-6-15-9-18(26-14-4-5-14)19-23(27-15)28(11-25-19)20-17-10-24(17,13(2)29)22(31)21(20)30/h3,7,9,11,14,17,20-22,30-31H,4-5,10H2,1-2H3,(H,26,27)/t17?,20-,21+,22?,24+/m1/s1. The third kappa shape index (κ3) is 2.92. The predicted octanol–water partition coefficient (Wildman–Crippen LogP) is 2.65. The minimum Gasteiger partial charge on any atom is -0.389 e. The van der Waals surface area contributed by atoms with Crippen molar-refractivity contribution in [1.29, 1.82) is 0 Å². The number of aliphatic hydroxyl groups is 2. The molecule has 3 aliphatic carbocycles. The Kier molecular flexibility index (Phi) is 4.28. The fourth-order valence-corrected chi connectivity index (χ4v) is 5.97. The van der Waals surface area contributed by atoms with Gasteiger partial charge in [-0.1, -0.05) is 0 Å². The smallest absolute Gasteiger partial charge is 0.163 e. The second-order valence-electron chi connectivity index (χ2n) is 9.29. The van der Waals surface area contributed by atoms with Crippen LogP contribution in [0.1, 0.15) is 47.7 Å². The van der Waals surface area contributed by atoms with E-state index >= 15 is 0 Å². The first-order valence-electron chi connectivity index (χ1n) is 11.0. The van der Waals surface area contributed by atoms with Crippen LogP contribution >= 0.6 is 11.3 Å². The zero-order valence-corrected chi connectivity index (χ0v) is 18.7. The van der Waals surface area contributed by atoms with Crippen LogP contribution in [-0.2, 0) is 4.79 Å². The van der Waals surface area contributed by atoms with Gasteiger partial charge in [-0.15, -0.1) is 11.3 Å². The van der Waals surface area contributed by atoms with E-state index in [0.29, 0.717) is 23.8 Å². The van der Waals surface area contributed by atoms with Gasteiger partial charge in [0, 0.05) is 10.9 Å². The number of hydrogen-bond donors (Lipinski definition) is 3. The lowest BCUT2D eigenvalue weighted by atomic mass is 9.95. The molecular formula is C24H24N4O3S. The number of thiophene rings is 1. The van der Waals surface area contributed by atoms with Crippen LogP contribution in [0.4, 0.5) is 5.69 Å². The van der Waals surface area contributed by atoms with Crippen LogP contribution in [0.25, 0.3) is 11.2 Å². The average Bonchev–Trinajstić information content (AvgIpc) is 3.61. The molecule has 0 radical (unpaired) electrons. The highest BCUT2D eigenvalue weighted by Crippen LogP contribution is 2.68. The molecule has 0 aliphatic heterocycles. The van der Waals surface area contributed by atoms with Gasteiger partial charge in [0.1, 0.15) is 23.1 Å². The van der Waals surface area contributed by atoms with Gasteiger partial charge in [0.15, 0.2) is 5.65 Å². The monoisotopic (exact) mass is 448 g/mol. The van der Waals surface area contributed by atoms with E-state index < -0.39 is 23.7 Å². The highest BCUT2D eigenvalue weighted by atomic mass is 32.1. The van der Waals surface area contributed by atoms with Crippen LogP contribution in [0.5, 0.6) is 0 Å². The Morgan fingerprint density at radius 1 is 1.31 bits per heavy atom. The van der Waals surface area contributed by atoms with Crippen molar-refractivity contribution in [2.75, 3.05) is 5.32 Å². The lowest BCUT2D eigenvalue weighted by Gasteiger charge is -2.23. The van der Waals surface area contributed by atoms with Gasteiger partial charge in [-0.3, -0.25) is 4.79 Å². The van der Waals surface area contributed by atoms with E-state index in [1.54, 1.807) is 17.7 Å². The van der Waals surface area contributed by atoms with Crippen molar-refractivity contribution in [3.63, 3.8) is 0 Å². The molecule has 3 aromatic heterocycles. The summed E-state index contributed by atoms with van der Waals surface area (Å²) in [6.45, 7) is 3.55. The zero-order valence-electron chi connectivity index (χ0n) is 17.9. The number of carbonyl (C=O) groups excluding carboxylic acids is 1. The van der Waals surface area contributed by atoms with Crippen LogP contribution in [-0.4, -0.2) is 48.8 Å². The fraction of sp³-hybridized carbons (Fsp3) is 0.458. The molecule has 0 aromatic carbocycles. The third-order valence-electron chi connectivity index (χ3n) is 7.17. The van der Waals surface area contributed by atoms with E-state index in [2.05, 4.69) is 29.1 Å². The third-order valence-corrected chi connectivity index (χ3v) is 8.09. The van der Waals surface area contributed by atoms with E-state index in [-0.39, 0.29) is 11.7 Å². The van der Waals surface area contributed by atoms with Gasteiger partial charge in [0.25, 0.3) is 0 Å². The summed E-state index contributed by atoms with van der Waals surface area (Å²) in [5, 5.41) is 25.0. The second kappa shape index (κ2) is 6.88. The van der Waals surface area contributed by atoms with Gasteiger partial charge in [0.2, 0.25) is 0 Å².